The first kappa shape index (κ1) is 21.0. The number of imidazole rings is 1. The molecular formula is C20H20N6O6. The standard InChI is InChI=1S/C20H20N6O6/c1-23-17-16(18(29)24(2)19(23)30)25(11-21-17)9-14(27)22-13(12-6-4-3-5-7-12)8-26-15(28)10-32-20(26)31/h3-7,11,13H,8-10H2,1-2H3,(H,22,27). The number of aromatic nitrogens is 4. The predicted octanol–water partition coefficient (Wildman–Crippen LogP) is -0.730. The van der Waals surface area contributed by atoms with Gasteiger partial charge in [0.2, 0.25) is 5.91 Å². The summed E-state index contributed by atoms with van der Waals surface area (Å²) in [7, 11) is 2.83. The lowest BCUT2D eigenvalue weighted by Crippen LogP contribution is -2.41. The molecule has 3 aromatic rings. The van der Waals surface area contributed by atoms with Crippen molar-refractivity contribution in [2.24, 2.45) is 14.1 Å². The van der Waals surface area contributed by atoms with Crippen LogP contribution in [0.1, 0.15) is 11.6 Å². The summed E-state index contributed by atoms with van der Waals surface area (Å²) >= 11 is 0. The monoisotopic (exact) mass is 440 g/mol. The van der Waals surface area contributed by atoms with Crippen molar-refractivity contribution in [3.05, 3.63) is 63.1 Å². The van der Waals surface area contributed by atoms with Gasteiger partial charge in [0, 0.05) is 14.1 Å². The molecule has 12 heteroatoms. The normalized spacial score (nSPS) is 14.6. The molecule has 1 atom stereocenters. The van der Waals surface area contributed by atoms with E-state index >= 15 is 0 Å². The van der Waals surface area contributed by atoms with Gasteiger partial charge in [0.05, 0.1) is 18.9 Å². The van der Waals surface area contributed by atoms with E-state index in [1.54, 1.807) is 30.3 Å². The second-order valence-corrected chi connectivity index (χ2v) is 7.34. The smallest absolute Gasteiger partial charge is 0.417 e. The van der Waals surface area contributed by atoms with Gasteiger partial charge in [0.1, 0.15) is 6.54 Å². The second kappa shape index (κ2) is 8.13. The van der Waals surface area contributed by atoms with Crippen molar-refractivity contribution in [2.45, 2.75) is 12.6 Å². The lowest BCUT2D eigenvalue weighted by molar-refractivity contribution is -0.127. The number of carbonyl (C=O) groups excluding carboxylic acids is 3. The maximum atomic E-state index is 12.9. The molecule has 0 radical (unpaired) electrons. The quantitative estimate of drug-likeness (QED) is 0.533. The molecule has 1 unspecified atom stereocenters. The van der Waals surface area contributed by atoms with E-state index in [-0.39, 0.29) is 30.9 Å². The van der Waals surface area contributed by atoms with Gasteiger partial charge in [-0.2, -0.15) is 0 Å². The number of nitrogens with zero attached hydrogens (tertiary/aromatic N) is 5. The van der Waals surface area contributed by atoms with Gasteiger partial charge in [0.25, 0.3) is 11.5 Å². The summed E-state index contributed by atoms with van der Waals surface area (Å²) in [6, 6.07) is 8.16. The number of imide groups is 1. The SMILES string of the molecule is Cn1c(=O)c2c(ncn2CC(=O)NC(CN2C(=O)COC2=O)c2ccccc2)n(C)c1=O. The number of ether oxygens (including phenoxy) is 1. The Hall–Kier alpha value is -4.22. The van der Waals surface area contributed by atoms with E-state index in [4.69, 9.17) is 4.74 Å². The van der Waals surface area contributed by atoms with Crippen LogP contribution in [0.15, 0.2) is 46.2 Å². The largest absolute Gasteiger partial charge is 0.439 e. The zero-order chi connectivity index (χ0) is 23.0. The maximum absolute atomic E-state index is 12.9. The molecule has 12 nitrogen and oxygen atoms in total. The van der Waals surface area contributed by atoms with E-state index in [0.29, 0.717) is 5.56 Å². The van der Waals surface area contributed by atoms with Crippen molar-refractivity contribution in [2.75, 3.05) is 13.2 Å². The van der Waals surface area contributed by atoms with E-state index in [1.807, 2.05) is 0 Å². The Morgan fingerprint density at radius 1 is 1.12 bits per heavy atom. The number of benzene rings is 1. The fourth-order valence-corrected chi connectivity index (χ4v) is 3.57. The minimum absolute atomic E-state index is 0.103. The highest BCUT2D eigenvalue weighted by atomic mass is 16.6. The van der Waals surface area contributed by atoms with Gasteiger partial charge < -0.3 is 14.6 Å². The number of cyclic esters (lactones) is 1. The number of aryl methyl sites for hydroxylation is 1. The predicted molar refractivity (Wildman–Crippen MR) is 111 cm³/mol. The van der Waals surface area contributed by atoms with Crippen LogP contribution in [-0.2, 0) is 35.0 Å². The summed E-state index contributed by atoms with van der Waals surface area (Å²) in [5.74, 6) is -0.968. The van der Waals surface area contributed by atoms with Crippen molar-refractivity contribution >= 4 is 29.1 Å². The Morgan fingerprint density at radius 2 is 1.84 bits per heavy atom. The molecule has 1 saturated heterocycles. The molecule has 0 bridgehead atoms. The van der Waals surface area contributed by atoms with Crippen molar-refractivity contribution in [3.63, 3.8) is 0 Å². The van der Waals surface area contributed by atoms with E-state index in [9.17, 15) is 24.0 Å². The zero-order valence-electron chi connectivity index (χ0n) is 17.3. The number of hydrogen-bond donors (Lipinski definition) is 1. The van der Waals surface area contributed by atoms with Gasteiger partial charge in [0.15, 0.2) is 17.8 Å². The molecule has 0 spiro atoms. The van der Waals surface area contributed by atoms with Gasteiger partial charge in [-0.05, 0) is 5.56 Å². The molecule has 3 heterocycles. The molecule has 1 N–H and O–H groups in total. The van der Waals surface area contributed by atoms with Gasteiger partial charge >= 0.3 is 11.8 Å². The third-order valence-electron chi connectivity index (χ3n) is 5.27. The topological polar surface area (TPSA) is 138 Å². The van der Waals surface area contributed by atoms with Crippen LogP contribution >= 0.6 is 0 Å². The molecule has 166 valence electrons. The second-order valence-electron chi connectivity index (χ2n) is 7.34. The summed E-state index contributed by atoms with van der Waals surface area (Å²) in [5, 5.41) is 2.80. The van der Waals surface area contributed by atoms with E-state index < -0.39 is 35.2 Å². The van der Waals surface area contributed by atoms with Crippen LogP contribution in [0.4, 0.5) is 4.79 Å². The molecule has 0 saturated carbocycles. The average Bonchev–Trinajstić information content (AvgIpc) is 3.34. The first-order chi connectivity index (χ1) is 15.3. The van der Waals surface area contributed by atoms with E-state index in [1.165, 1.54) is 29.6 Å². The number of nitrogens with one attached hydrogen (secondary N) is 1. The molecular weight excluding hydrogens is 420 g/mol. The van der Waals surface area contributed by atoms with Crippen molar-refractivity contribution in [1.29, 1.82) is 0 Å². The summed E-state index contributed by atoms with van der Waals surface area (Å²) in [6.07, 6.45) is 0.541. The molecule has 4 rings (SSSR count). The third kappa shape index (κ3) is 3.66. The molecule has 1 aliphatic heterocycles. The molecule has 32 heavy (non-hydrogen) atoms. The first-order valence-electron chi connectivity index (χ1n) is 9.70. The minimum Gasteiger partial charge on any atom is -0.439 e. The summed E-state index contributed by atoms with van der Waals surface area (Å²) < 4.78 is 8.26. The van der Waals surface area contributed by atoms with Gasteiger partial charge in [-0.15, -0.1) is 0 Å². The van der Waals surface area contributed by atoms with Gasteiger partial charge in [-0.3, -0.25) is 23.5 Å². The lowest BCUT2D eigenvalue weighted by atomic mass is 10.1. The van der Waals surface area contributed by atoms with Crippen LogP contribution in [0.25, 0.3) is 11.2 Å². The number of hydrogen-bond acceptors (Lipinski definition) is 7. The van der Waals surface area contributed by atoms with Crippen molar-refractivity contribution < 1.29 is 19.1 Å². The van der Waals surface area contributed by atoms with Crippen molar-refractivity contribution in [1.82, 2.24) is 28.9 Å². The van der Waals surface area contributed by atoms with Crippen molar-refractivity contribution in [3.8, 4) is 0 Å². The van der Waals surface area contributed by atoms with Crippen LogP contribution in [-0.4, -0.2) is 54.6 Å². The number of fused-ring (bicyclic) bond motifs is 1. The zero-order valence-corrected chi connectivity index (χ0v) is 17.3. The molecule has 1 aliphatic rings. The summed E-state index contributed by atoms with van der Waals surface area (Å²) in [4.78, 5) is 66.4. The molecule has 3 amide bonds. The molecule has 2 aromatic heterocycles. The summed E-state index contributed by atoms with van der Waals surface area (Å²) in [6.45, 7) is -0.697. The Labute approximate surface area is 180 Å². The van der Waals surface area contributed by atoms with Crippen LogP contribution < -0.4 is 16.6 Å². The number of amides is 3. The fourth-order valence-electron chi connectivity index (χ4n) is 3.57. The Kier molecular flexibility index (Phi) is 5.34. The van der Waals surface area contributed by atoms with Crippen LogP contribution in [0, 0.1) is 0 Å². The minimum atomic E-state index is -0.768. The van der Waals surface area contributed by atoms with Crippen LogP contribution in [0.2, 0.25) is 0 Å². The average molecular weight is 440 g/mol. The Bertz CT molecular complexity index is 1320. The summed E-state index contributed by atoms with van der Waals surface area (Å²) in [5.41, 5.74) is -0.140. The fraction of sp³-hybridized carbons (Fsp3) is 0.300. The van der Waals surface area contributed by atoms with Gasteiger partial charge in [-0.1, -0.05) is 30.3 Å². The lowest BCUT2D eigenvalue weighted by Gasteiger charge is -2.23. The van der Waals surface area contributed by atoms with Crippen LogP contribution in [0.3, 0.4) is 0 Å². The molecule has 1 aromatic carbocycles. The maximum Gasteiger partial charge on any atom is 0.417 e. The van der Waals surface area contributed by atoms with E-state index in [0.717, 1.165) is 9.47 Å². The third-order valence-corrected chi connectivity index (χ3v) is 5.27. The Balaban J connectivity index is 1.61. The first-order valence-corrected chi connectivity index (χ1v) is 9.70. The highest BCUT2D eigenvalue weighted by Crippen LogP contribution is 2.17. The van der Waals surface area contributed by atoms with Gasteiger partial charge in [-0.25, -0.2) is 19.5 Å². The highest BCUT2D eigenvalue weighted by Gasteiger charge is 2.33. The number of carbonyl (C=O) groups is 3. The highest BCUT2D eigenvalue weighted by molar-refractivity contribution is 5.97. The Morgan fingerprint density at radius 3 is 2.50 bits per heavy atom. The number of rotatable bonds is 6. The van der Waals surface area contributed by atoms with E-state index in [2.05, 4.69) is 10.3 Å². The molecule has 0 aliphatic carbocycles. The molecule has 1 fully saturated rings. The van der Waals surface area contributed by atoms with Crippen LogP contribution in [0.5, 0.6) is 0 Å².